The van der Waals surface area contributed by atoms with Crippen molar-refractivity contribution in [2.24, 2.45) is 10.9 Å². The van der Waals surface area contributed by atoms with Crippen molar-refractivity contribution in [3.63, 3.8) is 0 Å². The third kappa shape index (κ3) is 7.13. The summed E-state index contributed by atoms with van der Waals surface area (Å²) >= 11 is 0. The van der Waals surface area contributed by atoms with E-state index in [0.29, 0.717) is 13.1 Å². The molecule has 1 aromatic heterocycles. The third-order valence-corrected chi connectivity index (χ3v) is 5.15. The Labute approximate surface area is 186 Å². The fraction of sp³-hybridized carbons (Fsp3) is 0.500. The molecule has 6 heteroatoms. The van der Waals surface area contributed by atoms with Crippen molar-refractivity contribution in [2.75, 3.05) is 19.6 Å². The zero-order valence-corrected chi connectivity index (χ0v) is 19.3. The van der Waals surface area contributed by atoms with Gasteiger partial charge in [0.15, 0.2) is 5.96 Å². The topological polar surface area (TPSA) is 52.8 Å². The number of likely N-dealkylation sites (tertiary alicyclic amines) is 1. The van der Waals surface area contributed by atoms with Gasteiger partial charge in [-0.25, -0.2) is 4.99 Å². The van der Waals surface area contributed by atoms with E-state index >= 15 is 0 Å². The van der Waals surface area contributed by atoms with Crippen LogP contribution in [0.5, 0.6) is 0 Å². The molecule has 5 nitrogen and oxygen atoms in total. The predicted octanol–water partition coefficient (Wildman–Crippen LogP) is 4.38. The second-order valence-corrected chi connectivity index (χ2v) is 7.36. The normalized spacial score (nSPS) is 15.9. The highest BCUT2D eigenvalue weighted by molar-refractivity contribution is 14.0. The van der Waals surface area contributed by atoms with Crippen LogP contribution in [-0.4, -0.2) is 30.5 Å². The lowest BCUT2D eigenvalue weighted by Gasteiger charge is -2.30. The minimum absolute atomic E-state index is 0. The first kappa shape index (κ1) is 22.7. The number of nitrogens with one attached hydrogen (secondary N) is 2. The molecule has 3 rings (SSSR count). The van der Waals surface area contributed by atoms with Gasteiger partial charge in [0.1, 0.15) is 5.76 Å². The van der Waals surface area contributed by atoms with Crippen LogP contribution in [0, 0.1) is 5.92 Å². The van der Waals surface area contributed by atoms with Crippen molar-refractivity contribution in [1.82, 2.24) is 15.5 Å². The molecule has 0 aliphatic carbocycles. The van der Waals surface area contributed by atoms with E-state index in [1.54, 1.807) is 6.26 Å². The van der Waals surface area contributed by atoms with E-state index < -0.39 is 0 Å². The zero-order chi connectivity index (χ0) is 18.9. The van der Waals surface area contributed by atoms with Crippen molar-refractivity contribution >= 4 is 29.9 Å². The van der Waals surface area contributed by atoms with Gasteiger partial charge in [-0.2, -0.15) is 0 Å². The van der Waals surface area contributed by atoms with E-state index in [1.807, 2.05) is 12.1 Å². The minimum atomic E-state index is 0. The number of nitrogens with zero attached hydrogens (tertiary/aromatic N) is 2. The molecule has 1 saturated heterocycles. The van der Waals surface area contributed by atoms with E-state index in [4.69, 9.17) is 9.41 Å². The molecule has 2 aromatic rings. The number of rotatable bonds is 7. The molecule has 1 aromatic carbocycles. The number of piperidine rings is 1. The lowest BCUT2D eigenvalue weighted by Crippen LogP contribution is -2.36. The van der Waals surface area contributed by atoms with Gasteiger partial charge in [-0.05, 0) is 62.0 Å². The van der Waals surface area contributed by atoms with Crippen molar-refractivity contribution < 1.29 is 4.42 Å². The monoisotopic (exact) mass is 496 g/mol. The molecule has 1 aliphatic rings. The summed E-state index contributed by atoms with van der Waals surface area (Å²) in [4.78, 5) is 7.36. The standard InChI is InChI=1S/C22H32N4O.HI/c1-3-23-22(25-16-21-9-6-14-27-21)24-15-19-7-4-5-8-20(19)17-26-12-10-18(2)11-13-26;/h4-9,14,18H,3,10-13,15-17H2,1-2H3,(H2,23,24,25);1H. The molecule has 28 heavy (non-hydrogen) atoms. The summed E-state index contributed by atoms with van der Waals surface area (Å²) in [5, 5.41) is 6.64. The third-order valence-electron chi connectivity index (χ3n) is 5.15. The molecule has 154 valence electrons. The molecular weight excluding hydrogens is 463 g/mol. The molecule has 2 N–H and O–H groups in total. The Hall–Kier alpha value is -1.54. The molecule has 1 aliphatic heterocycles. The van der Waals surface area contributed by atoms with E-state index in [0.717, 1.165) is 30.7 Å². The number of hydrogen-bond acceptors (Lipinski definition) is 3. The Bertz CT molecular complexity index is 709. The molecular formula is C22H33IN4O. The maximum absolute atomic E-state index is 5.39. The number of halogens is 1. The van der Waals surface area contributed by atoms with Crippen molar-refractivity contribution in [1.29, 1.82) is 0 Å². The number of furan rings is 1. The summed E-state index contributed by atoms with van der Waals surface area (Å²) < 4.78 is 5.39. The molecule has 1 fully saturated rings. The molecule has 0 amide bonds. The van der Waals surface area contributed by atoms with Crippen LogP contribution in [0.1, 0.15) is 43.6 Å². The van der Waals surface area contributed by atoms with Crippen LogP contribution in [0.15, 0.2) is 52.1 Å². The highest BCUT2D eigenvalue weighted by Crippen LogP contribution is 2.20. The second-order valence-electron chi connectivity index (χ2n) is 7.36. The first-order valence-corrected chi connectivity index (χ1v) is 10.1. The fourth-order valence-corrected chi connectivity index (χ4v) is 3.42. The van der Waals surface area contributed by atoms with E-state index in [-0.39, 0.29) is 24.0 Å². The highest BCUT2D eigenvalue weighted by Gasteiger charge is 2.16. The maximum atomic E-state index is 5.39. The molecule has 0 radical (unpaired) electrons. The lowest BCUT2D eigenvalue weighted by atomic mass is 9.98. The van der Waals surface area contributed by atoms with E-state index in [9.17, 15) is 0 Å². The van der Waals surface area contributed by atoms with Crippen LogP contribution in [0.2, 0.25) is 0 Å². The van der Waals surface area contributed by atoms with Gasteiger partial charge in [-0.1, -0.05) is 31.2 Å². The van der Waals surface area contributed by atoms with Gasteiger partial charge in [-0.15, -0.1) is 24.0 Å². The number of benzene rings is 1. The molecule has 0 bridgehead atoms. The summed E-state index contributed by atoms with van der Waals surface area (Å²) in [5.74, 6) is 2.58. The quantitative estimate of drug-likeness (QED) is 0.339. The Morgan fingerprint density at radius 3 is 2.54 bits per heavy atom. The van der Waals surface area contributed by atoms with Crippen LogP contribution in [0.4, 0.5) is 0 Å². The van der Waals surface area contributed by atoms with E-state index in [2.05, 4.69) is 53.6 Å². The summed E-state index contributed by atoms with van der Waals surface area (Å²) in [6.07, 6.45) is 4.31. The predicted molar refractivity (Wildman–Crippen MR) is 126 cm³/mol. The molecule has 0 saturated carbocycles. The Kier molecular flexibility index (Phi) is 9.84. The highest BCUT2D eigenvalue weighted by atomic mass is 127. The first-order valence-electron chi connectivity index (χ1n) is 10.1. The van der Waals surface area contributed by atoms with Crippen LogP contribution < -0.4 is 10.6 Å². The van der Waals surface area contributed by atoms with Crippen LogP contribution in [0.3, 0.4) is 0 Å². The zero-order valence-electron chi connectivity index (χ0n) is 17.0. The first-order chi connectivity index (χ1) is 13.2. The second kappa shape index (κ2) is 12.1. The lowest BCUT2D eigenvalue weighted by molar-refractivity contribution is 0.185. The minimum Gasteiger partial charge on any atom is -0.467 e. The van der Waals surface area contributed by atoms with Gasteiger partial charge in [0.2, 0.25) is 0 Å². The average Bonchev–Trinajstić information content (AvgIpc) is 3.20. The van der Waals surface area contributed by atoms with Crippen molar-refractivity contribution in [3.05, 3.63) is 59.5 Å². The maximum Gasteiger partial charge on any atom is 0.191 e. The number of hydrogen-bond donors (Lipinski definition) is 2. The van der Waals surface area contributed by atoms with Gasteiger partial charge in [-0.3, -0.25) is 4.90 Å². The molecule has 0 atom stereocenters. The number of aliphatic imine (C=N–C) groups is 1. The molecule has 0 spiro atoms. The SMILES string of the molecule is CCNC(=NCc1ccccc1CN1CCC(C)CC1)NCc1ccco1.I. The average molecular weight is 496 g/mol. The van der Waals surface area contributed by atoms with Gasteiger partial charge >= 0.3 is 0 Å². The molecule has 2 heterocycles. The van der Waals surface area contributed by atoms with Gasteiger partial charge in [0.05, 0.1) is 19.4 Å². The van der Waals surface area contributed by atoms with Crippen LogP contribution in [-0.2, 0) is 19.6 Å². The smallest absolute Gasteiger partial charge is 0.191 e. The van der Waals surface area contributed by atoms with Crippen LogP contribution in [0.25, 0.3) is 0 Å². The summed E-state index contributed by atoms with van der Waals surface area (Å²) in [6, 6.07) is 12.5. The van der Waals surface area contributed by atoms with Gasteiger partial charge in [0, 0.05) is 13.1 Å². The van der Waals surface area contributed by atoms with Crippen molar-refractivity contribution in [3.8, 4) is 0 Å². The fourth-order valence-electron chi connectivity index (χ4n) is 3.42. The number of guanidine groups is 1. The summed E-state index contributed by atoms with van der Waals surface area (Å²) in [7, 11) is 0. The van der Waals surface area contributed by atoms with Crippen LogP contribution >= 0.6 is 24.0 Å². The Balaban J connectivity index is 0.00000280. The van der Waals surface area contributed by atoms with Crippen molar-refractivity contribution in [2.45, 2.75) is 46.3 Å². The summed E-state index contributed by atoms with van der Waals surface area (Å²) in [5.41, 5.74) is 2.68. The Morgan fingerprint density at radius 1 is 1.11 bits per heavy atom. The summed E-state index contributed by atoms with van der Waals surface area (Å²) in [6.45, 7) is 10.00. The largest absolute Gasteiger partial charge is 0.467 e. The molecule has 0 unspecified atom stereocenters. The van der Waals surface area contributed by atoms with Gasteiger partial charge < -0.3 is 15.1 Å². The van der Waals surface area contributed by atoms with E-state index in [1.165, 1.54) is 37.1 Å². The van der Waals surface area contributed by atoms with Gasteiger partial charge in [0.25, 0.3) is 0 Å². The Morgan fingerprint density at radius 2 is 1.86 bits per heavy atom.